The van der Waals surface area contributed by atoms with Gasteiger partial charge < -0.3 is 5.32 Å². The molecule has 1 amide bonds. The summed E-state index contributed by atoms with van der Waals surface area (Å²) in [6.45, 7) is 7.95. The quantitative estimate of drug-likeness (QED) is 0.855. The van der Waals surface area contributed by atoms with Gasteiger partial charge in [0.05, 0.1) is 4.90 Å². The minimum absolute atomic E-state index is 0.137. The number of hydrogen-bond donors (Lipinski definition) is 2. The average molecular weight is 353 g/mol. The first kappa shape index (κ1) is 18.9. The van der Waals surface area contributed by atoms with Crippen molar-refractivity contribution >= 4 is 15.9 Å². The number of carbonyl (C=O) groups is 1. The third-order valence-corrected chi connectivity index (χ3v) is 6.52. The molecule has 0 saturated heterocycles. The first-order valence-electron chi connectivity index (χ1n) is 8.64. The van der Waals surface area contributed by atoms with E-state index in [0.717, 1.165) is 12.8 Å². The number of sulfonamides is 1. The van der Waals surface area contributed by atoms with Gasteiger partial charge in [-0.2, -0.15) is 0 Å². The molecule has 2 rings (SSSR count). The van der Waals surface area contributed by atoms with Crippen molar-refractivity contribution in [2.75, 3.05) is 0 Å². The Hall–Kier alpha value is -1.40. The Morgan fingerprint density at radius 1 is 1.12 bits per heavy atom. The second-order valence-electron chi connectivity index (χ2n) is 7.15. The van der Waals surface area contributed by atoms with Crippen molar-refractivity contribution in [2.45, 2.75) is 63.9 Å². The van der Waals surface area contributed by atoms with E-state index in [1.54, 1.807) is 26.0 Å². The number of nitrogens with one attached hydrogen (secondary N) is 2. The predicted octanol–water partition coefficient (Wildman–Crippen LogP) is 2.93. The van der Waals surface area contributed by atoms with Crippen molar-refractivity contribution in [3.05, 3.63) is 29.8 Å². The molecule has 5 nitrogen and oxygen atoms in total. The van der Waals surface area contributed by atoms with Crippen LogP contribution >= 0.6 is 0 Å². The van der Waals surface area contributed by atoms with E-state index < -0.39 is 10.0 Å². The summed E-state index contributed by atoms with van der Waals surface area (Å²) < 4.78 is 26.7. The summed E-state index contributed by atoms with van der Waals surface area (Å²) in [5.74, 6) is 0.929. The second kappa shape index (κ2) is 7.66. The Kier molecular flexibility index (Phi) is 6.04. The highest BCUT2D eigenvalue weighted by Crippen LogP contribution is 2.29. The molecule has 1 aromatic rings. The van der Waals surface area contributed by atoms with Crippen LogP contribution in [0.1, 0.15) is 57.3 Å². The van der Waals surface area contributed by atoms with Crippen LogP contribution in [0.2, 0.25) is 0 Å². The van der Waals surface area contributed by atoms with Crippen LogP contribution in [0.4, 0.5) is 0 Å². The standard InChI is InChI=1S/C18H28N2O3S/c1-12(2)20-24(22,23)16-10-8-15(9-11-16)18(21)19-17-7-5-6-13(3)14(17)4/h8-14,17,20H,5-7H2,1-4H3,(H,19,21). The first-order chi connectivity index (χ1) is 11.2. The molecule has 0 spiro atoms. The van der Waals surface area contributed by atoms with Crippen LogP contribution in [0, 0.1) is 11.8 Å². The lowest BCUT2D eigenvalue weighted by Crippen LogP contribution is -2.43. The molecule has 1 aromatic carbocycles. The van der Waals surface area contributed by atoms with Gasteiger partial charge in [-0.1, -0.05) is 26.7 Å². The van der Waals surface area contributed by atoms with Gasteiger partial charge in [-0.3, -0.25) is 4.79 Å². The Labute approximate surface area is 145 Å². The minimum Gasteiger partial charge on any atom is -0.349 e. The van der Waals surface area contributed by atoms with E-state index in [0.29, 0.717) is 17.4 Å². The largest absolute Gasteiger partial charge is 0.349 e. The molecule has 1 aliphatic carbocycles. The fourth-order valence-electron chi connectivity index (χ4n) is 3.20. The lowest BCUT2D eigenvalue weighted by Gasteiger charge is -2.34. The maximum absolute atomic E-state index is 12.4. The van der Waals surface area contributed by atoms with E-state index in [1.165, 1.54) is 18.6 Å². The Bertz CT molecular complexity index is 668. The van der Waals surface area contributed by atoms with E-state index >= 15 is 0 Å². The fraction of sp³-hybridized carbons (Fsp3) is 0.611. The molecule has 6 heteroatoms. The number of carbonyl (C=O) groups excluding carboxylic acids is 1. The summed E-state index contributed by atoms with van der Waals surface area (Å²) in [5, 5.41) is 3.10. The highest BCUT2D eigenvalue weighted by atomic mass is 32.2. The van der Waals surface area contributed by atoms with Crippen molar-refractivity contribution in [3.8, 4) is 0 Å². The van der Waals surface area contributed by atoms with Crippen molar-refractivity contribution in [2.24, 2.45) is 11.8 Å². The lowest BCUT2D eigenvalue weighted by molar-refractivity contribution is 0.0891. The predicted molar refractivity (Wildman–Crippen MR) is 95.3 cm³/mol. The molecule has 0 bridgehead atoms. The van der Waals surface area contributed by atoms with Gasteiger partial charge in [-0.05, 0) is 56.4 Å². The highest BCUT2D eigenvalue weighted by molar-refractivity contribution is 7.89. The minimum atomic E-state index is -3.53. The summed E-state index contributed by atoms with van der Waals surface area (Å²) in [6.07, 6.45) is 3.35. The van der Waals surface area contributed by atoms with Crippen LogP contribution in [0.5, 0.6) is 0 Å². The second-order valence-corrected chi connectivity index (χ2v) is 8.86. The summed E-state index contributed by atoms with van der Waals surface area (Å²) >= 11 is 0. The molecule has 0 heterocycles. The van der Waals surface area contributed by atoms with Crippen LogP contribution in [-0.4, -0.2) is 26.4 Å². The number of hydrogen-bond acceptors (Lipinski definition) is 3. The van der Waals surface area contributed by atoms with E-state index in [4.69, 9.17) is 0 Å². The molecule has 0 radical (unpaired) electrons. The summed E-state index contributed by atoms with van der Waals surface area (Å²) in [5.41, 5.74) is 0.490. The monoisotopic (exact) mass is 352 g/mol. The number of rotatable bonds is 5. The molecule has 0 aliphatic heterocycles. The van der Waals surface area contributed by atoms with Gasteiger partial charge in [0.2, 0.25) is 10.0 Å². The fourth-order valence-corrected chi connectivity index (χ4v) is 4.45. The molecule has 24 heavy (non-hydrogen) atoms. The normalized spacial score (nSPS) is 24.8. The maximum Gasteiger partial charge on any atom is 0.251 e. The van der Waals surface area contributed by atoms with Gasteiger partial charge in [0.1, 0.15) is 0 Å². The Morgan fingerprint density at radius 3 is 2.33 bits per heavy atom. The third kappa shape index (κ3) is 4.57. The van der Waals surface area contributed by atoms with Gasteiger partial charge in [-0.15, -0.1) is 0 Å². The maximum atomic E-state index is 12.4. The van der Waals surface area contributed by atoms with Crippen LogP contribution in [0.25, 0.3) is 0 Å². The van der Waals surface area contributed by atoms with Crippen molar-refractivity contribution in [3.63, 3.8) is 0 Å². The van der Waals surface area contributed by atoms with E-state index in [1.807, 2.05) is 0 Å². The molecular formula is C18H28N2O3S. The highest BCUT2D eigenvalue weighted by Gasteiger charge is 2.28. The first-order valence-corrected chi connectivity index (χ1v) is 10.1. The zero-order valence-electron chi connectivity index (χ0n) is 14.9. The molecule has 3 atom stereocenters. The van der Waals surface area contributed by atoms with E-state index in [9.17, 15) is 13.2 Å². The Balaban J connectivity index is 2.06. The van der Waals surface area contributed by atoms with Crippen LogP contribution in [-0.2, 0) is 10.0 Å². The zero-order chi connectivity index (χ0) is 17.9. The molecule has 3 unspecified atom stereocenters. The van der Waals surface area contributed by atoms with E-state index in [2.05, 4.69) is 23.9 Å². The molecule has 1 fully saturated rings. The molecule has 2 N–H and O–H groups in total. The lowest BCUT2D eigenvalue weighted by atomic mass is 9.78. The SMILES string of the molecule is CC(C)NS(=O)(=O)c1ccc(C(=O)NC2CCCC(C)C2C)cc1. The van der Waals surface area contributed by atoms with Crippen molar-refractivity contribution < 1.29 is 13.2 Å². The van der Waals surface area contributed by atoms with Crippen LogP contribution in [0.15, 0.2) is 29.2 Å². The summed E-state index contributed by atoms with van der Waals surface area (Å²) in [7, 11) is -3.53. The van der Waals surface area contributed by atoms with Crippen molar-refractivity contribution in [1.29, 1.82) is 0 Å². The number of benzene rings is 1. The average Bonchev–Trinajstić information content (AvgIpc) is 2.50. The van der Waals surface area contributed by atoms with Gasteiger partial charge in [0.25, 0.3) is 5.91 Å². The third-order valence-electron chi connectivity index (χ3n) is 4.84. The van der Waals surface area contributed by atoms with E-state index in [-0.39, 0.29) is 22.9 Å². The topological polar surface area (TPSA) is 75.3 Å². The van der Waals surface area contributed by atoms with Crippen LogP contribution < -0.4 is 10.0 Å². The van der Waals surface area contributed by atoms with Crippen molar-refractivity contribution in [1.82, 2.24) is 10.0 Å². The van der Waals surface area contributed by atoms with Gasteiger partial charge >= 0.3 is 0 Å². The Morgan fingerprint density at radius 2 is 1.75 bits per heavy atom. The smallest absolute Gasteiger partial charge is 0.251 e. The van der Waals surface area contributed by atoms with Crippen LogP contribution in [0.3, 0.4) is 0 Å². The molecule has 1 aliphatic rings. The molecule has 134 valence electrons. The summed E-state index contributed by atoms with van der Waals surface area (Å²) in [4.78, 5) is 12.6. The van der Waals surface area contributed by atoms with Gasteiger partial charge in [-0.25, -0.2) is 13.1 Å². The van der Waals surface area contributed by atoms with Gasteiger partial charge in [0, 0.05) is 17.6 Å². The molecular weight excluding hydrogens is 324 g/mol. The van der Waals surface area contributed by atoms with Gasteiger partial charge in [0.15, 0.2) is 0 Å². The zero-order valence-corrected chi connectivity index (χ0v) is 15.7. The molecule has 1 saturated carbocycles. The number of amides is 1. The molecule has 0 aromatic heterocycles. The summed E-state index contributed by atoms with van der Waals surface area (Å²) in [6, 6.07) is 6.11.